The van der Waals surface area contributed by atoms with Gasteiger partial charge in [-0.1, -0.05) is 12.1 Å². The van der Waals surface area contributed by atoms with Crippen LogP contribution in [0.25, 0.3) is 10.9 Å². The molecule has 4 rings (SSSR count). The summed E-state index contributed by atoms with van der Waals surface area (Å²) in [6.45, 7) is 2.44. The summed E-state index contributed by atoms with van der Waals surface area (Å²) in [6.07, 6.45) is 0. The maximum atomic E-state index is 13.0. The number of para-hydroxylation sites is 1. The average Bonchev–Trinajstić information content (AvgIpc) is 3.18. The van der Waals surface area contributed by atoms with Crippen LogP contribution in [-0.2, 0) is 0 Å². The second-order valence-electron chi connectivity index (χ2n) is 6.95. The number of halogens is 1. The van der Waals surface area contributed by atoms with Crippen molar-refractivity contribution in [3.63, 3.8) is 0 Å². The lowest BCUT2D eigenvalue weighted by atomic mass is 10.1. The van der Waals surface area contributed by atoms with E-state index in [1.807, 2.05) is 23.1 Å². The summed E-state index contributed by atoms with van der Waals surface area (Å²) in [5, 5.41) is 7.80. The summed E-state index contributed by atoms with van der Waals surface area (Å²) in [7, 11) is 1.57. The predicted molar refractivity (Wildman–Crippen MR) is 106 cm³/mol. The van der Waals surface area contributed by atoms with Crippen LogP contribution in [0.1, 0.15) is 20.8 Å². The van der Waals surface area contributed by atoms with Gasteiger partial charge >= 0.3 is 0 Å². The summed E-state index contributed by atoms with van der Waals surface area (Å²) in [5.74, 6) is 0.0690. The number of benzene rings is 2. The van der Waals surface area contributed by atoms with E-state index in [9.17, 15) is 14.0 Å². The highest BCUT2D eigenvalue weighted by molar-refractivity contribution is 6.06. The normalized spacial score (nSPS) is 14.9. The van der Waals surface area contributed by atoms with Crippen LogP contribution in [-0.4, -0.2) is 71.5 Å². The van der Waals surface area contributed by atoms with Crippen molar-refractivity contribution in [1.29, 1.82) is 0 Å². The molecule has 0 aliphatic carbocycles. The van der Waals surface area contributed by atoms with Crippen molar-refractivity contribution in [1.82, 2.24) is 20.0 Å². The van der Waals surface area contributed by atoms with Gasteiger partial charge in [-0.05, 0) is 30.3 Å². The Bertz CT molecular complexity index is 1040. The highest BCUT2D eigenvalue weighted by Gasteiger charge is 2.26. The van der Waals surface area contributed by atoms with Gasteiger partial charge in [0.15, 0.2) is 11.5 Å². The molecule has 1 amide bonds. The number of ketones is 1. The zero-order valence-corrected chi connectivity index (χ0v) is 16.0. The Balaban J connectivity index is 1.39. The molecule has 1 saturated heterocycles. The van der Waals surface area contributed by atoms with Crippen molar-refractivity contribution in [2.75, 3.05) is 39.8 Å². The van der Waals surface area contributed by atoms with Gasteiger partial charge in [-0.25, -0.2) is 4.39 Å². The van der Waals surface area contributed by atoms with E-state index >= 15 is 0 Å². The fourth-order valence-corrected chi connectivity index (χ4v) is 3.54. The number of hydrogen-bond acceptors (Lipinski definition) is 5. The molecule has 1 N–H and O–H groups in total. The Morgan fingerprint density at radius 2 is 1.83 bits per heavy atom. The number of nitrogens with one attached hydrogen (secondary N) is 1. The lowest BCUT2D eigenvalue weighted by molar-refractivity contribution is 0.0621. The first kappa shape index (κ1) is 19.1. The van der Waals surface area contributed by atoms with Crippen molar-refractivity contribution in [3.05, 3.63) is 59.5 Å². The van der Waals surface area contributed by atoms with Crippen molar-refractivity contribution < 1.29 is 18.7 Å². The number of ether oxygens (including phenoxy) is 1. The van der Waals surface area contributed by atoms with E-state index in [2.05, 4.69) is 10.2 Å². The maximum Gasteiger partial charge on any atom is 0.275 e. The van der Waals surface area contributed by atoms with Crippen LogP contribution in [0.2, 0.25) is 0 Å². The average molecular weight is 396 g/mol. The fourth-order valence-electron chi connectivity index (χ4n) is 3.54. The Kier molecular flexibility index (Phi) is 5.26. The first-order chi connectivity index (χ1) is 14.1. The number of methoxy groups -OCH3 is 1. The van der Waals surface area contributed by atoms with Crippen LogP contribution in [0.3, 0.4) is 0 Å². The first-order valence-corrected chi connectivity index (χ1v) is 9.38. The van der Waals surface area contributed by atoms with Gasteiger partial charge in [0, 0.05) is 37.1 Å². The van der Waals surface area contributed by atoms with Crippen LogP contribution < -0.4 is 4.74 Å². The number of carbonyl (C=O) groups is 2. The molecule has 0 bridgehead atoms. The zero-order valence-electron chi connectivity index (χ0n) is 16.0. The third-order valence-corrected chi connectivity index (χ3v) is 5.18. The van der Waals surface area contributed by atoms with Crippen molar-refractivity contribution in [3.8, 4) is 5.75 Å². The van der Waals surface area contributed by atoms with E-state index in [1.165, 1.54) is 24.3 Å². The standard InChI is InChI=1S/C21H21FN4O3/c1-29-18-4-2-3-16-19(18)23-24-20(16)21(28)26-11-9-25(10-12-26)13-17(27)14-5-7-15(22)8-6-14/h2-8H,9-13H2,1H3,(H,23,24). The van der Waals surface area contributed by atoms with Crippen LogP contribution in [0.15, 0.2) is 42.5 Å². The quantitative estimate of drug-likeness (QED) is 0.670. The highest BCUT2D eigenvalue weighted by Crippen LogP contribution is 2.26. The molecule has 0 saturated carbocycles. The topological polar surface area (TPSA) is 78.5 Å². The molecular formula is C21H21FN4O3. The molecule has 0 unspecified atom stereocenters. The zero-order chi connectivity index (χ0) is 20.4. The second-order valence-corrected chi connectivity index (χ2v) is 6.95. The Morgan fingerprint density at radius 1 is 1.10 bits per heavy atom. The monoisotopic (exact) mass is 396 g/mol. The molecular weight excluding hydrogens is 375 g/mol. The summed E-state index contributed by atoms with van der Waals surface area (Å²) in [4.78, 5) is 29.0. The Hall–Kier alpha value is -3.26. The third kappa shape index (κ3) is 3.84. The van der Waals surface area contributed by atoms with Crippen molar-refractivity contribution in [2.24, 2.45) is 0 Å². The number of rotatable bonds is 5. The van der Waals surface area contributed by atoms with Crippen LogP contribution >= 0.6 is 0 Å². The molecule has 7 nitrogen and oxygen atoms in total. The van der Waals surface area contributed by atoms with E-state index in [4.69, 9.17) is 4.74 Å². The predicted octanol–water partition coefficient (Wildman–Crippen LogP) is 2.35. The van der Waals surface area contributed by atoms with Crippen LogP contribution in [0.4, 0.5) is 4.39 Å². The number of aromatic amines is 1. The van der Waals surface area contributed by atoms with Crippen molar-refractivity contribution >= 4 is 22.6 Å². The first-order valence-electron chi connectivity index (χ1n) is 9.38. The lowest BCUT2D eigenvalue weighted by Gasteiger charge is -2.34. The molecule has 1 aliphatic heterocycles. The minimum absolute atomic E-state index is 0.0600. The van der Waals surface area contributed by atoms with Gasteiger partial charge in [0.05, 0.1) is 13.7 Å². The number of H-pyrrole nitrogens is 1. The number of amides is 1. The molecule has 1 aliphatic rings. The number of piperazine rings is 1. The van der Waals surface area contributed by atoms with E-state index in [0.717, 1.165) is 5.39 Å². The number of fused-ring (bicyclic) bond motifs is 1. The molecule has 150 valence electrons. The molecule has 0 radical (unpaired) electrons. The summed E-state index contributed by atoms with van der Waals surface area (Å²) >= 11 is 0. The Morgan fingerprint density at radius 3 is 2.52 bits per heavy atom. The van der Waals surface area contributed by atoms with Crippen molar-refractivity contribution in [2.45, 2.75) is 0 Å². The number of nitrogens with zero attached hydrogens (tertiary/aromatic N) is 3. The summed E-state index contributed by atoms with van der Waals surface area (Å²) in [5.41, 5.74) is 1.55. The second kappa shape index (κ2) is 8.00. The van der Waals surface area contributed by atoms with Gasteiger partial charge in [0.1, 0.15) is 17.1 Å². The smallest absolute Gasteiger partial charge is 0.275 e. The molecule has 29 heavy (non-hydrogen) atoms. The van der Waals surface area contributed by atoms with E-state index in [-0.39, 0.29) is 24.1 Å². The summed E-state index contributed by atoms with van der Waals surface area (Å²) < 4.78 is 18.3. The number of aromatic nitrogens is 2. The molecule has 2 heterocycles. The van der Waals surface area contributed by atoms with Gasteiger partial charge in [0.2, 0.25) is 0 Å². The van der Waals surface area contributed by atoms with Gasteiger partial charge in [0.25, 0.3) is 5.91 Å². The fraction of sp³-hybridized carbons (Fsp3) is 0.286. The molecule has 3 aromatic rings. The Labute approximate surface area is 167 Å². The lowest BCUT2D eigenvalue weighted by Crippen LogP contribution is -2.50. The van der Waals surface area contributed by atoms with E-state index in [1.54, 1.807) is 12.0 Å². The molecule has 0 spiro atoms. The third-order valence-electron chi connectivity index (χ3n) is 5.18. The molecule has 8 heteroatoms. The molecule has 0 atom stereocenters. The van der Waals surface area contributed by atoms with Gasteiger partial charge in [-0.3, -0.25) is 19.6 Å². The largest absolute Gasteiger partial charge is 0.494 e. The van der Waals surface area contributed by atoms with E-state index in [0.29, 0.717) is 48.7 Å². The number of Topliss-reactive ketones (excluding diaryl/α,β-unsaturated/α-hetero) is 1. The number of carbonyl (C=O) groups excluding carboxylic acids is 2. The molecule has 2 aromatic carbocycles. The van der Waals surface area contributed by atoms with Gasteiger partial charge in [-0.2, -0.15) is 5.10 Å². The minimum Gasteiger partial charge on any atom is -0.494 e. The SMILES string of the molecule is COc1cccc2c(C(=O)N3CCN(CC(=O)c4ccc(F)cc4)CC3)n[nH]c12. The minimum atomic E-state index is -0.364. The van der Waals surface area contributed by atoms with Crippen LogP contribution in [0.5, 0.6) is 5.75 Å². The van der Waals surface area contributed by atoms with Gasteiger partial charge in [-0.15, -0.1) is 0 Å². The number of hydrogen-bond donors (Lipinski definition) is 1. The van der Waals surface area contributed by atoms with Crippen LogP contribution in [0, 0.1) is 5.82 Å². The van der Waals surface area contributed by atoms with Gasteiger partial charge < -0.3 is 9.64 Å². The molecule has 1 fully saturated rings. The highest BCUT2D eigenvalue weighted by atomic mass is 19.1. The molecule has 1 aromatic heterocycles. The maximum absolute atomic E-state index is 13.0. The van der Waals surface area contributed by atoms with E-state index < -0.39 is 0 Å². The summed E-state index contributed by atoms with van der Waals surface area (Å²) in [6, 6.07) is 11.0.